The van der Waals surface area contributed by atoms with Crippen LogP contribution in [0.15, 0.2) is 85.2 Å². The van der Waals surface area contributed by atoms with E-state index in [1.165, 1.54) is 0 Å². The predicted molar refractivity (Wildman–Crippen MR) is 98.2 cm³/mol. The molecular formula is C21H18N2O2. The number of hydrogen-bond donors (Lipinski definition) is 0. The summed E-state index contributed by atoms with van der Waals surface area (Å²) in [5, 5.41) is 0. The number of hydrogen-bond acceptors (Lipinski definition) is 3. The highest BCUT2D eigenvalue weighted by Crippen LogP contribution is 2.23. The summed E-state index contributed by atoms with van der Waals surface area (Å²) in [6.07, 6.45) is 1.85. The molecule has 4 aromatic rings. The minimum Gasteiger partial charge on any atom is -0.492 e. The van der Waals surface area contributed by atoms with Crippen LogP contribution in [0.1, 0.15) is 0 Å². The van der Waals surface area contributed by atoms with Crippen molar-refractivity contribution in [3.63, 3.8) is 0 Å². The van der Waals surface area contributed by atoms with Crippen LogP contribution >= 0.6 is 0 Å². The summed E-state index contributed by atoms with van der Waals surface area (Å²) >= 11 is 0. The van der Waals surface area contributed by atoms with Gasteiger partial charge in [0.25, 0.3) is 0 Å². The average Bonchev–Trinajstić information content (AvgIpc) is 3.07. The van der Waals surface area contributed by atoms with E-state index in [1.54, 1.807) is 0 Å². The maximum atomic E-state index is 5.83. The van der Waals surface area contributed by atoms with Crippen LogP contribution in [0.4, 0.5) is 0 Å². The number of nitrogens with zero attached hydrogens (tertiary/aromatic N) is 2. The number of rotatable bonds is 6. The van der Waals surface area contributed by atoms with Crippen LogP contribution in [-0.4, -0.2) is 16.2 Å². The van der Waals surface area contributed by atoms with E-state index in [4.69, 9.17) is 9.47 Å². The summed E-state index contributed by atoms with van der Waals surface area (Å²) in [6, 6.07) is 25.5. The molecule has 0 atom stereocenters. The summed E-state index contributed by atoms with van der Waals surface area (Å²) in [4.78, 5) is 4.39. The van der Waals surface area contributed by atoms with Crippen LogP contribution in [0.2, 0.25) is 0 Å². The summed E-state index contributed by atoms with van der Waals surface area (Å²) in [7, 11) is 0. The zero-order chi connectivity index (χ0) is 16.9. The summed E-state index contributed by atoms with van der Waals surface area (Å²) < 4.78 is 13.7. The number of aromatic nitrogens is 2. The molecular weight excluding hydrogens is 312 g/mol. The van der Waals surface area contributed by atoms with Gasteiger partial charge in [0.2, 0.25) is 0 Å². The Morgan fingerprint density at radius 1 is 0.720 bits per heavy atom. The van der Waals surface area contributed by atoms with Crippen LogP contribution in [0.3, 0.4) is 0 Å². The Kier molecular flexibility index (Phi) is 4.33. The van der Waals surface area contributed by atoms with E-state index in [0.717, 1.165) is 34.8 Å². The Bertz CT molecular complexity index is 946. The number of imidazole rings is 1. The van der Waals surface area contributed by atoms with Gasteiger partial charge in [-0.1, -0.05) is 30.3 Å². The molecule has 0 spiro atoms. The van der Waals surface area contributed by atoms with Gasteiger partial charge in [0.05, 0.1) is 23.9 Å². The first-order chi connectivity index (χ1) is 12.4. The fourth-order valence-corrected chi connectivity index (χ4v) is 2.68. The van der Waals surface area contributed by atoms with Crippen LogP contribution in [-0.2, 0) is 6.54 Å². The van der Waals surface area contributed by atoms with Gasteiger partial charge in [0.15, 0.2) is 0 Å². The van der Waals surface area contributed by atoms with Crippen LogP contribution in [0.25, 0.3) is 11.0 Å². The van der Waals surface area contributed by atoms with Gasteiger partial charge in [0, 0.05) is 0 Å². The molecule has 0 saturated heterocycles. The molecule has 4 nitrogen and oxygen atoms in total. The molecule has 1 aromatic heterocycles. The van der Waals surface area contributed by atoms with Crippen molar-refractivity contribution in [2.75, 3.05) is 6.61 Å². The Balaban J connectivity index is 1.34. The number of benzene rings is 3. The SMILES string of the molecule is c1ccc(Oc2ccc(OCCn3cnc4ccccc43)cc2)cc1. The maximum absolute atomic E-state index is 5.83. The molecule has 0 radical (unpaired) electrons. The highest BCUT2D eigenvalue weighted by Gasteiger charge is 2.02. The molecule has 0 aliphatic carbocycles. The molecule has 4 rings (SSSR count). The van der Waals surface area contributed by atoms with Crippen molar-refractivity contribution in [2.24, 2.45) is 0 Å². The second-order valence-electron chi connectivity index (χ2n) is 5.66. The Morgan fingerprint density at radius 2 is 1.40 bits per heavy atom. The van der Waals surface area contributed by atoms with E-state index < -0.39 is 0 Å². The Labute approximate surface area is 146 Å². The van der Waals surface area contributed by atoms with Crippen molar-refractivity contribution >= 4 is 11.0 Å². The maximum Gasteiger partial charge on any atom is 0.127 e. The molecule has 0 unspecified atom stereocenters. The molecule has 0 amide bonds. The molecule has 0 N–H and O–H groups in total. The first-order valence-corrected chi connectivity index (χ1v) is 8.24. The lowest BCUT2D eigenvalue weighted by Gasteiger charge is -2.09. The molecule has 0 aliphatic rings. The highest BCUT2D eigenvalue weighted by atomic mass is 16.5. The van der Waals surface area contributed by atoms with Crippen molar-refractivity contribution in [2.45, 2.75) is 6.54 Å². The van der Waals surface area contributed by atoms with Gasteiger partial charge in [-0.2, -0.15) is 0 Å². The summed E-state index contributed by atoms with van der Waals surface area (Å²) in [6.45, 7) is 1.34. The molecule has 0 bridgehead atoms. The van der Waals surface area contributed by atoms with Gasteiger partial charge in [0.1, 0.15) is 23.9 Å². The smallest absolute Gasteiger partial charge is 0.127 e. The largest absolute Gasteiger partial charge is 0.492 e. The fourth-order valence-electron chi connectivity index (χ4n) is 2.68. The molecule has 124 valence electrons. The molecule has 25 heavy (non-hydrogen) atoms. The second kappa shape index (κ2) is 7.09. The topological polar surface area (TPSA) is 36.3 Å². The van der Waals surface area contributed by atoms with Crippen molar-refractivity contribution in [1.82, 2.24) is 9.55 Å². The Hall–Kier alpha value is -3.27. The summed E-state index contributed by atoms with van der Waals surface area (Å²) in [5.41, 5.74) is 2.13. The van der Waals surface area contributed by atoms with Gasteiger partial charge in [-0.15, -0.1) is 0 Å². The average molecular weight is 330 g/mol. The van der Waals surface area contributed by atoms with Crippen LogP contribution in [0.5, 0.6) is 17.2 Å². The van der Waals surface area contributed by atoms with E-state index >= 15 is 0 Å². The third kappa shape index (κ3) is 3.63. The quantitative estimate of drug-likeness (QED) is 0.504. The number of para-hydroxylation sites is 3. The highest BCUT2D eigenvalue weighted by molar-refractivity contribution is 5.74. The number of fused-ring (bicyclic) bond motifs is 1. The van der Waals surface area contributed by atoms with E-state index in [1.807, 2.05) is 79.1 Å². The molecule has 1 heterocycles. The van der Waals surface area contributed by atoms with Crippen molar-refractivity contribution < 1.29 is 9.47 Å². The minimum absolute atomic E-state index is 0.583. The van der Waals surface area contributed by atoms with Gasteiger partial charge in [-0.05, 0) is 48.5 Å². The lowest BCUT2D eigenvalue weighted by Crippen LogP contribution is -2.07. The van der Waals surface area contributed by atoms with Gasteiger partial charge >= 0.3 is 0 Å². The first kappa shape index (κ1) is 15.3. The predicted octanol–water partition coefficient (Wildman–Crippen LogP) is 4.91. The van der Waals surface area contributed by atoms with Gasteiger partial charge < -0.3 is 14.0 Å². The fraction of sp³-hybridized carbons (Fsp3) is 0.0952. The van der Waals surface area contributed by atoms with Crippen LogP contribution in [0, 0.1) is 0 Å². The lowest BCUT2D eigenvalue weighted by molar-refractivity contribution is 0.299. The van der Waals surface area contributed by atoms with Crippen molar-refractivity contribution in [3.8, 4) is 17.2 Å². The zero-order valence-electron chi connectivity index (χ0n) is 13.7. The van der Waals surface area contributed by atoms with E-state index in [2.05, 4.69) is 15.6 Å². The molecule has 3 aromatic carbocycles. The summed E-state index contributed by atoms with van der Waals surface area (Å²) in [5.74, 6) is 2.44. The van der Waals surface area contributed by atoms with Gasteiger partial charge in [-0.25, -0.2) is 4.98 Å². The lowest BCUT2D eigenvalue weighted by atomic mass is 10.3. The van der Waals surface area contributed by atoms with Gasteiger partial charge in [-0.3, -0.25) is 0 Å². The second-order valence-corrected chi connectivity index (χ2v) is 5.66. The van der Waals surface area contributed by atoms with Crippen molar-refractivity contribution in [3.05, 3.63) is 85.2 Å². The Morgan fingerprint density at radius 3 is 2.24 bits per heavy atom. The zero-order valence-corrected chi connectivity index (χ0v) is 13.7. The third-order valence-electron chi connectivity index (χ3n) is 3.93. The van der Waals surface area contributed by atoms with E-state index in [-0.39, 0.29) is 0 Å². The normalized spacial score (nSPS) is 10.7. The third-order valence-corrected chi connectivity index (χ3v) is 3.93. The van der Waals surface area contributed by atoms with E-state index in [9.17, 15) is 0 Å². The molecule has 0 fully saturated rings. The van der Waals surface area contributed by atoms with E-state index in [0.29, 0.717) is 6.61 Å². The molecule has 4 heteroatoms. The van der Waals surface area contributed by atoms with Crippen molar-refractivity contribution in [1.29, 1.82) is 0 Å². The first-order valence-electron chi connectivity index (χ1n) is 8.24. The standard InChI is InChI=1S/C21H18N2O2/c1-2-6-18(7-3-1)25-19-12-10-17(11-13-19)24-15-14-23-16-22-20-8-4-5-9-21(20)23/h1-13,16H,14-15H2. The minimum atomic E-state index is 0.583. The molecule has 0 aliphatic heterocycles. The molecule has 0 saturated carbocycles. The number of ether oxygens (including phenoxy) is 2. The monoisotopic (exact) mass is 330 g/mol. The van der Waals surface area contributed by atoms with Crippen LogP contribution < -0.4 is 9.47 Å².